The van der Waals surface area contributed by atoms with Gasteiger partial charge in [0.25, 0.3) is 0 Å². The molecule has 6 nitrogen and oxygen atoms in total. The molecule has 2 atom stereocenters. The molecule has 0 N–H and O–H groups in total. The van der Waals surface area contributed by atoms with Crippen molar-refractivity contribution >= 4 is 17.8 Å². The maximum absolute atomic E-state index is 12.9. The van der Waals surface area contributed by atoms with Crippen molar-refractivity contribution in [2.24, 2.45) is 5.92 Å². The zero-order chi connectivity index (χ0) is 17.8. The molecule has 0 spiro atoms. The maximum Gasteiger partial charge on any atom is 0.347 e. The van der Waals surface area contributed by atoms with Crippen LogP contribution in [0.25, 0.3) is 0 Å². The Bertz CT molecular complexity index is 660. The molecule has 2 saturated heterocycles. The Morgan fingerprint density at radius 2 is 2.00 bits per heavy atom. The van der Waals surface area contributed by atoms with E-state index >= 15 is 0 Å². The van der Waals surface area contributed by atoms with Gasteiger partial charge in [-0.2, -0.15) is 0 Å². The molecule has 134 valence electrons. The van der Waals surface area contributed by atoms with E-state index in [4.69, 9.17) is 9.47 Å². The summed E-state index contributed by atoms with van der Waals surface area (Å²) in [6, 6.07) is 5.79. The van der Waals surface area contributed by atoms with E-state index in [1.807, 2.05) is 0 Å². The molecule has 7 heteroatoms. The molecule has 3 rings (SSSR count). The number of halogens is 1. The second-order valence-corrected chi connectivity index (χ2v) is 6.36. The van der Waals surface area contributed by atoms with Crippen molar-refractivity contribution in [2.75, 3.05) is 19.7 Å². The van der Waals surface area contributed by atoms with Crippen molar-refractivity contribution in [1.82, 2.24) is 4.90 Å². The van der Waals surface area contributed by atoms with Crippen LogP contribution in [0.5, 0.6) is 0 Å². The van der Waals surface area contributed by atoms with Gasteiger partial charge in [-0.1, -0.05) is 12.1 Å². The van der Waals surface area contributed by atoms with Crippen LogP contribution in [0.2, 0.25) is 0 Å². The van der Waals surface area contributed by atoms with Gasteiger partial charge in [0.1, 0.15) is 5.82 Å². The summed E-state index contributed by atoms with van der Waals surface area (Å²) in [5, 5.41) is 0. The molecule has 0 aliphatic carbocycles. The number of esters is 2. The minimum atomic E-state index is -0.821. The number of piperidine rings is 1. The Labute approximate surface area is 144 Å². The van der Waals surface area contributed by atoms with Crippen LogP contribution in [0.15, 0.2) is 24.3 Å². The van der Waals surface area contributed by atoms with Gasteiger partial charge >= 0.3 is 11.9 Å². The lowest BCUT2D eigenvalue weighted by Gasteiger charge is -2.32. The highest BCUT2D eigenvalue weighted by molar-refractivity contribution is 5.83. The lowest BCUT2D eigenvalue weighted by Crippen LogP contribution is -2.44. The highest BCUT2D eigenvalue weighted by Crippen LogP contribution is 2.21. The van der Waals surface area contributed by atoms with Crippen molar-refractivity contribution in [3.8, 4) is 0 Å². The van der Waals surface area contributed by atoms with Gasteiger partial charge in [-0.3, -0.25) is 9.59 Å². The zero-order valence-corrected chi connectivity index (χ0v) is 13.8. The van der Waals surface area contributed by atoms with Crippen LogP contribution in [0.3, 0.4) is 0 Å². The number of nitrogens with zero attached hydrogens (tertiary/aromatic N) is 1. The van der Waals surface area contributed by atoms with Crippen molar-refractivity contribution in [2.45, 2.75) is 31.8 Å². The van der Waals surface area contributed by atoms with Crippen molar-refractivity contribution in [1.29, 1.82) is 0 Å². The highest BCUT2D eigenvalue weighted by Gasteiger charge is 2.35. The molecule has 25 heavy (non-hydrogen) atoms. The average molecular weight is 349 g/mol. The quantitative estimate of drug-likeness (QED) is 0.770. The molecule has 1 aromatic rings. The minimum absolute atomic E-state index is 0.107. The number of carbonyl (C=O) groups excluding carboxylic acids is 3. The fraction of sp³-hybridized carbons (Fsp3) is 0.500. The average Bonchev–Trinajstić information content (AvgIpc) is 3.02. The number of likely N-dealkylation sites (tertiary alicyclic amines) is 1. The molecule has 0 bridgehead atoms. The molecule has 2 fully saturated rings. The predicted octanol–water partition coefficient (Wildman–Crippen LogP) is 1.47. The maximum atomic E-state index is 12.9. The van der Waals surface area contributed by atoms with Gasteiger partial charge in [-0.25, -0.2) is 9.18 Å². The van der Waals surface area contributed by atoms with Crippen LogP contribution in [-0.2, 0) is 30.3 Å². The summed E-state index contributed by atoms with van der Waals surface area (Å²) < 4.78 is 22.9. The summed E-state index contributed by atoms with van der Waals surface area (Å²) in [6.07, 6.45) is 1.05. The van der Waals surface area contributed by atoms with E-state index in [1.54, 1.807) is 17.0 Å². The summed E-state index contributed by atoms with van der Waals surface area (Å²) in [6.45, 7) is 1.12. The Kier molecular flexibility index (Phi) is 5.31. The van der Waals surface area contributed by atoms with Gasteiger partial charge in [0.2, 0.25) is 12.0 Å². The van der Waals surface area contributed by atoms with E-state index in [2.05, 4.69) is 0 Å². The summed E-state index contributed by atoms with van der Waals surface area (Å²) in [7, 11) is 0. The predicted molar refractivity (Wildman–Crippen MR) is 84.9 cm³/mol. The number of rotatable bonds is 4. The van der Waals surface area contributed by atoms with Gasteiger partial charge in [0.05, 0.1) is 18.9 Å². The molecule has 2 heterocycles. The van der Waals surface area contributed by atoms with Gasteiger partial charge < -0.3 is 14.4 Å². The third-order valence-electron chi connectivity index (χ3n) is 4.52. The Morgan fingerprint density at radius 3 is 2.68 bits per heavy atom. The van der Waals surface area contributed by atoms with Crippen molar-refractivity contribution in [3.05, 3.63) is 35.6 Å². The van der Waals surface area contributed by atoms with Gasteiger partial charge in [0.15, 0.2) is 0 Å². The summed E-state index contributed by atoms with van der Waals surface area (Å²) in [5.74, 6) is -1.84. The first kappa shape index (κ1) is 17.4. The fourth-order valence-electron chi connectivity index (χ4n) is 3.11. The number of cyclic esters (lactones) is 1. The Hall–Kier alpha value is -2.44. The van der Waals surface area contributed by atoms with Crippen LogP contribution in [-0.4, -0.2) is 48.5 Å². The topological polar surface area (TPSA) is 72.9 Å². The first-order chi connectivity index (χ1) is 12.0. The second-order valence-electron chi connectivity index (χ2n) is 6.36. The monoisotopic (exact) mass is 349 g/mol. The molecule has 0 aromatic heterocycles. The highest BCUT2D eigenvalue weighted by atomic mass is 19.1. The third kappa shape index (κ3) is 4.35. The van der Waals surface area contributed by atoms with Crippen LogP contribution in [0.1, 0.15) is 24.8 Å². The van der Waals surface area contributed by atoms with Gasteiger partial charge in [0, 0.05) is 19.5 Å². The van der Waals surface area contributed by atoms with Crippen LogP contribution >= 0.6 is 0 Å². The van der Waals surface area contributed by atoms with Crippen molar-refractivity contribution < 1.29 is 28.2 Å². The number of ether oxygens (including phenoxy) is 2. The van der Waals surface area contributed by atoms with E-state index < -0.39 is 24.0 Å². The SMILES string of the molecule is O=C(O[C@@H]1CCOC1=O)[C@@H]1CCCN(C(=O)Cc2ccc(F)cc2)C1. The number of benzene rings is 1. The first-order valence-electron chi connectivity index (χ1n) is 8.42. The molecular formula is C18H20FNO5. The number of hydrogen-bond acceptors (Lipinski definition) is 5. The molecular weight excluding hydrogens is 329 g/mol. The van der Waals surface area contributed by atoms with E-state index in [-0.39, 0.29) is 31.3 Å². The standard InChI is InChI=1S/C18H20FNO5/c19-14-5-3-12(4-6-14)10-16(21)20-8-1-2-13(11-20)17(22)25-15-7-9-24-18(15)23/h3-6,13,15H,1-2,7-11H2/t13-,15-/m1/s1. The normalized spacial score (nSPS) is 23.2. The lowest BCUT2D eigenvalue weighted by atomic mass is 9.97. The summed E-state index contributed by atoms with van der Waals surface area (Å²) >= 11 is 0. The molecule has 0 unspecified atom stereocenters. The lowest BCUT2D eigenvalue weighted by molar-refractivity contribution is -0.165. The van der Waals surface area contributed by atoms with Crippen molar-refractivity contribution in [3.63, 3.8) is 0 Å². The largest absolute Gasteiger partial charge is 0.463 e. The van der Waals surface area contributed by atoms with Gasteiger partial charge in [-0.05, 0) is 30.5 Å². The zero-order valence-electron chi connectivity index (χ0n) is 13.8. The van der Waals surface area contributed by atoms with Crippen LogP contribution in [0.4, 0.5) is 4.39 Å². The minimum Gasteiger partial charge on any atom is -0.463 e. The van der Waals surface area contributed by atoms with E-state index in [0.29, 0.717) is 25.8 Å². The molecule has 1 amide bonds. The molecule has 2 aliphatic rings. The molecule has 0 saturated carbocycles. The summed E-state index contributed by atoms with van der Waals surface area (Å²) in [4.78, 5) is 37.7. The van der Waals surface area contributed by atoms with Gasteiger partial charge in [-0.15, -0.1) is 0 Å². The fourth-order valence-corrected chi connectivity index (χ4v) is 3.11. The molecule has 2 aliphatic heterocycles. The van der Waals surface area contributed by atoms with E-state index in [1.165, 1.54) is 12.1 Å². The molecule has 1 aromatic carbocycles. The second kappa shape index (κ2) is 7.63. The summed E-state index contributed by atoms with van der Waals surface area (Å²) in [5.41, 5.74) is 0.727. The smallest absolute Gasteiger partial charge is 0.347 e. The molecule has 0 radical (unpaired) electrons. The number of amides is 1. The Balaban J connectivity index is 1.54. The van der Waals surface area contributed by atoms with Crippen LogP contribution < -0.4 is 0 Å². The van der Waals surface area contributed by atoms with Crippen LogP contribution in [0, 0.1) is 11.7 Å². The van der Waals surface area contributed by atoms with E-state index in [0.717, 1.165) is 5.56 Å². The van der Waals surface area contributed by atoms with E-state index in [9.17, 15) is 18.8 Å². The first-order valence-corrected chi connectivity index (χ1v) is 8.42. The number of hydrogen-bond donors (Lipinski definition) is 0. The third-order valence-corrected chi connectivity index (χ3v) is 4.52. The number of carbonyl (C=O) groups is 3. The Morgan fingerprint density at radius 1 is 1.24 bits per heavy atom.